The van der Waals surface area contributed by atoms with Crippen molar-refractivity contribution in [1.29, 1.82) is 0 Å². The predicted molar refractivity (Wildman–Crippen MR) is 129 cm³/mol. The lowest BCUT2D eigenvalue weighted by atomic mass is 9.59. The minimum Gasteiger partial charge on any atom is -0.490 e. The van der Waals surface area contributed by atoms with E-state index >= 15 is 0 Å². The highest BCUT2D eigenvalue weighted by atomic mass is 16.5. The Morgan fingerprint density at radius 1 is 1.06 bits per heavy atom. The van der Waals surface area contributed by atoms with E-state index in [0.29, 0.717) is 11.5 Å². The van der Waals surface area contributed by atoms with Gasteiger partial charge in [-0.05, 0) is 86.3 Å². The summed E-state index contributed by atoms with van der Waals surface area (Å²) in [5, 5.41) is 3.24. The van der Waals surface area contributed by atoms with Crippen LogP contribution in [-0.4, -0.2) is 42.5 Å². The van der Waals surface area contributed by atoms with E-state index in [-0.39, 0.29) is 23.3 Å². The number of hydrogen-bond acceptors (Lipinski definition) is 3. The zero-order valence-electron chi connectivity index (χ0n) is 20.4. The van der Waals surface area contributed by atoms with E-state index in [9.17, 15) is 9.59 Å². The number of piperidine rings is 1. The largest absolute Gasteiger partial charge is 0.490 e. The fourth-order valence-electron chi connectivity index (χ4n) is 6.93. The van der Waals surface area contributed by atoms with Crippen LogP contribution in [0.15, 0.2) is 24.3 Å². The second-order valence-electron chi connectivity index (χ2n) is 11.9. The molecular formula is C28H40N2O3. The van der Waals surface area contributed by atoms with Crippen LogP contribution in [0, 0.1) is 29.1 Å². The maximum atomic E-state index is 12.9. The summed E-state index contributed by atoms with van der Waals surface area (Å²) in [4.78, 5) is 27.2. The van der Waals surface area contributed by atoms with Crippen molar-refractivity contribution in [3.63, 3.8) is 0 Å². The van der Waals surface area contributed by atoms with Crippen LogP contribution in [0.2, 0.25) is 0 Å². The Morgan fingerprint density at radius 3 is 2.42 bits per heavy atom. The molecule has 1 heterocycles. The van der Waals surface area contributed by atoms with Gasteiger partial charge in [-0.2, -0.15) is 0 Å². The third kappa shape index (κ3) is 5.55. The van der Waals surface area contributed by atoms with E-state index in [4.69, 9.17) is 4.74 Å². The third-order valence-corrected chi connectivity index (χ3v) is 8.46. The van der Waals surface area contributed by atoms with Crippen molar-refractivity contribution < 1.29 is 14.3 Å². The monoisotopic (exact) mass is 452 g/mol. The number of likely N-dealkylation sites (tertiary alicyclic amines) is 1. The number of benzene rings is 1. The van der Waals surface area contributed by atoms with Gasteiger partial charge in [-0.1, -0.05) is 19.9 Å². The summed E-state index contributed by atoms with van der Waals surface area (Å²) < 4.78 is 6.21. The highest BCUT2D eigenvalue weighted by Gasteiger charge is 2.41. The zero-order valence-corrected chi connectivity index (χ0v) is 20.4. The number of nitrogens with one attached hydrogen (secondary N) is 1. The van der Waals surface area contributed by atoms with Crippen molar-refractivity contribution in [2.45, 2.75) is 77.7 Å². The molecule has 1 aromatic carbocycles. The van der Waals surface area contributed by atoms with Crippen molar-refractivity contribution in [3.05, 3.63) is 29.8 Å². The number of ether oxygens (including phenoxy) is 1. The maximum absolute atomic E-state index is 12.9. The molecular weight excluding hydrogens is 412 g/mol. The Hall–Kier alpha value is -2.04. The molecule has 2 bridgehead atoms. The van der Waals surface area contributed by atoms with E-state index in [1.807, 2.05) is 29.2 Å². The first-order valence-corrected chi connectivity index (χ1v) is 13.2. The SMILES string of the molecule is CC1CC2CC(C1)CC(C)(CNC(=O)c1cccc(OC3CCN(C(=O)C4CC4)CC3)c1)C2. The van der Waals surface area contributed by atoms with Gasteiger partial charge in [-0.3, -0.25) is 9.59 Å². The Bertz CT molecular complexity index is 854. The Morgan fingerprint density at radius 2 is 1.76 bits per heavy atom. The van der Waals surface area contributed by atoms with Crippen LogP contribution in [0.4, 0.5) is 0 Å². The molecule has 5 heteroatoms. The number of carbonyl (C=O) groups is 2. The van der Waals surface area contributed by atoms with Crippen LogP contribution in [0.5, 0.6) is 5.75 Å². The molecule has 3 aliphatic carbocycles. The molecule has 2 amide bonds. The number of rotatable bonds is 6. The summed E-state index contributed by atoms with van der Waals surface area (Å²) in [5.74, 6) is 3.89. The summed E-state index contributed by atoms with van der Waals surface area (Å²) in [7, 11) is 0. The highest BCUT2D eigenvalue weighted by Crippen LogP contribution is 2.49. The molecule has 1 N–H and O–H groups in total. The van der Waals surface area contributed by atoms with Gasteiger partial charge in [-0.15, -0.1) is 0 Å². The zero-order chi connectivity index (χ0) is 23.0. The molecule has 1 aliphatic heterocycles. The first-order valence-electron chi connectivity index (χ1n) is 13.2. The summed E-state index contributed by atoms with van der Waals surface area (Å²) in [6.07, 6.45) is 10.5. The number of nitrogens with zero attached hydrogens (tertiary/aromatic N) is 1. The van der Waals surface area contributed by atoms with Crippen LogP contribution in [0.1, 0.15) is 82.0 Å². The Kier molecular flexibility index (Phi) is 6.41. The molecule has 5 rings (SSSR count). The fourth-order valence-corrected chi connectivity index (χ4v) is 6.93. The van der Waals surface area contributed by atoms with Crippen molar-refractivity contribution in [3.8, 4) is 5.75 Å². The van der Waals surface area contributed by atoms with Crippen LogP contribution in [0.25, 0.3) is 0 Å². The van der Waals surface area contributed by atoms with E-state index in [0.717, 1.165) is 68.8 Å². The van der Waals surface area contributed by atoms with Crippen molar-refractivity contribution in [1.82, 2.24) is 10.2 Å². The first kappa shape index (κ1) is 22.7. The van der Waals surface area contributed by atoms with Crippen molar-refractivity contribution in [2.75, 3.05) is 19.6 Å². The van der Waals surface area contributed by atoms with Gasteiger partial charge >= 0.3 is 0 Å². The number of amides is 2. The van der Waals surface area contributed by atoms with E-state index in [1.54, 1.807) is 0 Å². The van der Waals surface area contributed by atoms with Gasteiger partial charge in [0.25, 0.3) is 5.91 Å². The summed E-state index contributed by atoms with van der Waals surface area (Å²) in [6, 6.07) is 7.59. The molecule has 1 aromatic rings. The molecule has 0 radical (unpaired) electrons. The number of carbonyl (C=O) groups excluding carboxylic acids is 2. The quantitative estimate of drug-likeness (QED) is 0.657. The van der Waals surface area contributed by atoms with Gasteiger partial charge in [0.1, 0.15) is 11.9 Å². The normalized spacial score (nSPS) is 32.3. The molecule has 5 nitrogen and oxygen atoms in total. The minimum atomic E-state index is -0.00405. The average molecular weight is 453 g/mol. The van der Waals surface area contributed by atoms with Gasteiger partial charge in [-0.25, -0.2) is 0 Å². The van der Waals surface area contributed by atoms with Crippen LogP contribution in [-0.2, 0) is 4.79 Å². The average Bonchev–Trinajstić information content (AvgIpc) is 3.62. The molecule has 180 valence electrons. The first-order chi connectivity index (χ1) is 15.9. The molecule has 0 aromatic heterocycles. The van der Waals surface area contributed by atoms with Crippen LogP contribution >= 0.6 is 0 Å². The van der Waals surface area contributed by atoms with Gasteiger partial charge < -0.3 is 15.0 Å². The lowest BCUT2D eigenvalue weighted by molar-refractivity contribution is -0.134. The molecule has 1 saturated heterocycles. The van der Waals surface area contributed by atoms with Gasteiger partial charge in [0.05, 0.1) is 0 Å². The molecule has 2 atom stereocenters. The van der Waals surface area contributed by atoms with Gasteiger partial charge in [0.15, 0.2) is 0 Å². The minimum absolute atomic E-state index is 0.00405. The Labute approximate surface area is 198 Å². The maximum Gasteiger partial charge on any atom is 0.251 e. The van der Waals surface area contributed by atoms with Crippen LogP contribution in [0.3, 0.4) is 0 Å². The number of fused-ring (bicyclic) bond motifs is 2. The second-order valence-corrected chi connectivity index (χ2v) is 11.9. The number of hydrogen-bond donors (Lipinski definition) is 1. The Balaban J connectivity index is 1.12. The van der Waals surface area contributed by atoms with E-state index < -0.39 is 0 Å². The van der Waals surface area contributed by atoms with Crippen molar-refractivity contribution >= 4 is 11.8 Å². The van der Waals surface area contributed by atoms with Crippen molar-refractivity contribution in [2.24, 2.45) is 29.1 Å². The molecule has 4 aliphatic rings. The highest BCUT2D eigenvalue weighted by molar-refractivity contribution is 5.94. The fraction of sp³-hybridized carbons (Fsp3) is 0.714. The smallest absolute Gasteiger partial charge is 0.251 e. The molecule has 2 unspecified atom stereocenters. The standard InChI is InChI=1S/C28H40N2O3/c1-19-12-20-14-21(13-19)17-28(2,16-20)18-29-26(31)23-4-3-5-25(15-23)33-24-8-10-30(11-9-24)27(32)22-6-7-22/h3-5,15,19-22,24H,6-14,16-18H2,1-2H3,(H,29,31). The van der Waals surface area contributed by atoms with E-state index in [1.165, 1.54) is 32.1 Å². The van der Waals surface area contributed by atoms with Crippen LogP contribution < -0.4 is 10.1 Å². The second kappa shape index (κ2) is 9.31. The molecule has 3 saturated carbocycles. The lowest BCUT2D eigenvalue weighted by Crippen LogP contribution is -2.43. The van der Waals surface area contributed by atoms with E-state index in [2.05, 4.69) is 19.2 Å². The lowest BCUT2D eigenvalue weighted by Gasteiger charge is -2.47. The predicted octanol–water partition coefficient (Wildman–Crippen LogP) is 5.05. The van der Waals surface area contributed by atoms with Gasteiger partial charge in [0.2, 0.25) is 5.91 Å². The topological polar surface area (TPSA) is 58.6 Å². The molecule has 33 heavy (non-hydrogen) atoms. The molecule has 4 fully saturated rings. The molecule has 0 spiro atoms. The summed E-state index contributed by atoms with van der Waals surface area (Å²) in [5.41, 5.74) is 0.880. The summed E-state index contributed by atoms with van der Waals surface area (Å²) in [6.45, 7) is 7.07. The third-order valence-electron chi connectivity index (χ3n) is 8.46. The van der Waals surface area contributed by atoms with Gasteiger partial charge in [0, 0.05) is 44.0 Å². The summed E-state index contributed by atoms with van der Waals surface area (Å²) >= 11 is 0.